The maximum Gasteiger partial charge on any atom is 0.285 e. The van der Waals surface area contributed by atoms with E-state index < -0.39 is 10.0 Å². The fourth-order valence-electron chi connectivity index (χ4n) is 1.32. The molecule has 1 rings (SSSR count). The third-order valence-corrected chi connectivity index (χ3v) is 3.31. The molecular weight excluding hydrogens is 238 g/mol. The monoisotopic (exact) mass is 255 g/mol. The Kier molecular flexibility index (Phi) is 4.11. The van der Waals surface area contributed by atoms with Crippen LogP contribution in [0.4, 0.5) is 0 Å². The molecule has 0 N–H and O–H groups in total. The molecule has 6 heteroatoms. The number of benzene rings is 1. The van der Waals surface area contributed by atoms with Gasteiger partial charge in [-0.05, 0) is 12.1 Å². The van der Waals surface area contributed by atoms with Gasteiger partial charge >= 0.3 is 0 Å². The van der Waals surface area contributed by atoms with Crippen molar-refractivity contribution in [1.82, 2.24) is 9.80 Å². The van der Waals surface area contributed by atoms with Crippen molar-refractivity contribution in [3.63, 3.8) is 0 Å². The van der Waals surface area contributed by atoms with E-state index in [4.69, 9.17) is 0 Å². The zero-order valence-corrected chi connectivity index (χ0v) is 11.3. The van der Waals surface area contributed by atoms with Crippen LogP contribution in [0.3, 0.4) is 0 Å². The van der Waals surface area contributed by atoms with Crippen LogP contribution in [-0.2, 0) is 10.0 Å². The summed E-state index contributed by atoms with van der Waals surface area (Å²) in [6.45, 7) is 0. The number of sulfonamides is 1. The molecule has 0 aliphatic rings. The molecule has 94 valence electrons. The van der Waals surface area contributed by atoms with E-state index in [1.54, 1.807) is 56.2 Å². The van der Waals surface area contributed by atoms with E-state index in [1.807, 2.05) is 0 Å². The fourth-order valence-corrected chi connectivity index (χ4v) is 2.46. The van der Waals surface area contributed by atoms with Crippen LogP contribution >= 0.6 is 0 Å². The van der Waals surface area contributed by atoms with E-state index in [1.165, 1.54) is 12.1 Å². The Bertz CT molecular complexity index is 483. The Labute approximate surface area is 102 Å². The molecule has 5 nitrogen and oxygen atoms in total. The van der Waals surface area contributed by atoms with Crippen molar-refractivity contribution in [3.8, 4) is 0 Å². The molecule has 0 radical (unpaired) electrons. The fraction of sp³-hybridized carbons (Fsp3) is 0.364. The second-order valence-electron chi connectivity index (χ2n) is 3.97. The van der Waals surface area contributed by atoms with E-state index in [0.29, 0.717) is 5.96 Å². The van der Waals surface area contributed by atoms with Gasteiger partial charge in [-0.3, -0.25) is 0 Å². The van der Waals surface area contributed by atoms with Gasteiger partial charge in [-0.1, -0.05) is 18.2 Å². The van der Waals surface area contributed by atoms with E-state index >= 15 is 0 Å². The van der Waals surface area contributed by atoms with Crippen molar-refractivity contribution < 1.29 is 8.42 Å². The van der Waals surface area contributed by atoms with Crippen LogP contribution in [0.25, 0.3) is 0 Å². The summed E-state index contributed by atoms with van der Waals surface area (Å²) in [6, 6.07) is 8.17. The molecule has 0 saturated heterocycles. The number of rotatable bonds is 2. The van der Waals surface area contributed by atoms with Crippen molar-refractivity contribution in [2.24, 2.45) is 4.40 Å². The summed E-state index contributed by atoms with van der Waals surface area (Å²) in [5.74, 6) is 0.383. The van der Waals surface area contributed by atoms with Crippen LogP contribution in [0, 0.1) is 0 Å². The van der Waals surface area contributed by atoms with Gasteiger partial charge in [0.2, 0.25) is 5.96 Å². The highest BCUT2D eigenvalue weighted by atomic mass is 32.2. The van der Waals surface area contributed by atoms with Crippen LogP contribution < -0.4 is 0 Å². The topological polar surface area (TPSA) is 53.0 Å². The highest BCUT2D eigenvalue weighted by Gasteiger charge is 2.15. The lowest BCUT2D eigenvalue weighted by atomic mass is 10.4. The Hall–Kier alpha value is -1.56. The lowest BCUT2D eigenvalue weighted by molar-refractivity contribution is 0.484. The lowest BCUT2D eigenvalue weighted by Gasteiger charge is -2.22. The first kappa shape index (κ1) is 13.5. The molecule has 0 fully saturated rings. The van der Waals surface area contributed by atoms with Crippen LogP contribution in [0.1, 0.15) is 0 Å². The maximum absolute atomic E-state index is 12.0. The molecule has 0 amide bonds. The van der Waals surface area contributed by atoms with Gasteiger partial charge < -0.3 is 9.80 Å². The molecule has 1 aromatic rings. The summed E-state index contributed by atoms with van der Waals surface area (Å²) in [7, 11) is 3.35. The third kappa shape index (κ3) is 3.45. The van der Waals surface area contributed by atoms with Crippen molar-refractivity contribution in [3.05, 3.63) is 30.3 Å². The molecule has 0 aliphatic heterocycles. The van der Waals surface area contributed by atoms with Crippen molar-refractivity contribution in [2.75, 3.05) is 28.2 Å². The highest BCUT2D eigenvalue weighted by Crippen LogP contribution is 2.12. The normalized spacial score (nSPS) is 10.8. The number of hydrogen-bond acceptors (Lipinski definition) is 2. The van der Waals surface area contributed by atoms with Crippen molar-refractivity contribution in [1.29, 1.82) is 0 Å². The highest BCUT2D eigenvalue weighted by molar-refractivity contribution is 7.90. The predicted octanol–water partition coefficient (Wildman–Crippen LogP) is 0.855. The summed E-state index contributed by atoms with van der Waals surface area (Å²) >= 11 is 0. The van der Waals surface area contributed by atoms with Crippen LogP contribution in [-0.4, -0.2) is 52.4 Å². The second-order valence-corrected chi connectivity index (χ2v) is 5.57. The summed E-state index contributed by atoms with van der Waals surface area (Å²) in [4.78, 5) is 3.50. The molecule has 0 aromatic heterocycles. The van der Waals surface area contributed by atoms with Gasteiger partial charge in [-0.15, -0.1) is 4.40 Å². The van der Waals surface area contributed by atoms with Crippen LogP contribution in [0.5, 0.6) is 0 Å². The first-order chi connectivity index (χ1) is 7.84. The maximum atomic E-state index is 12.0. The Balaban J connectivity index is 3.20. The quantitative estimate of drug-likeness (QED) is 0.581. The third-order valence-electron chi connectivity index (χ3n) is 2.04. The number of nitrogens with zero attached hydrogens (tertiary/aromatic N) is 3. The van der Waals surface area contributed by atoms with Gasteiger partial charge in [-0.2, -0.15) is 8.42 Å². The van der Waals surface area contributed by atoms with Crippen molar-refractivity contribution in [2.45, 2.75) is 4.90 Å². The largest absolute Gasteiger partial charge is 0.348 e. The van der Waals surface area contributed by atoms with E-state index in [9.17, 15) is 8.42 Å². The van der Waals surface area contributed by atoms with E-state index in [0.717, 1.165) is 0 Å². The Morgan fingerprint density at radius 3 is 1.88 bits per heavy atom. The molecule has 0 atom stereocenters. The van der Waals surface area contributed by atoms with Gasteiger partial charge in [0.25, 0.3) is 10.0 Å². The Morgan fingerprint density at radius 1 is 1.00 bits per heavy atom. The van der Waals surface area contributed by atoms with E-state index in [2.05, 4.69) is 4.40 Å². The molecule has 0 aliphatic carbocycles. The minimum absolute atomic E-state index is 0.196. The van der Waals surface area contributed by atoms with Gasteiger partial charge in [0.15, 0.2) is 0 Å². The second kappa shape index (κ2) is 5.18. The van der Waals surface area contributed by atoms with Gasteiger partial charge in [0.1, 0.15) is 0 Å². The minimum Gasteiger partial charge on any atom is -0.348 e. The summed E-state index contributed by atoms with van der Waals surface area (Å²) < 4.78 is 27.8. The number of guanidine groups is 1. The average molecular weight is 255 g/mol. The SMILES string of the molecule is CN(C)C(=NS(=O)(=O)c1ccccc1)N(C)C. The van der Waals surface area contributed by atoms with Crippen LogP contribution in [0.15, 0.2) is 39.6 Å². The smallest absolute Gasteiger partial charge is 0.285 e. The Morgan fingerprint density at radius 2 is 1.47 bits per heavy atom. The minimum atomic E-state index is -3.64. The molecule has 0 heterocycles. The standard InChI is InChI=1S/C11H17N3O2S/c1-13(2)11(14(3)4)12-17(15,16)10-8-6-5-7-9-10/h5-9H,1-4H3. The molecule has 1 aromatic carbocycles. The van der Waals surface area contributed by atoms with Crippen molar-refractivity contribution >= 4 is 16.0 Å². The van der Waals surface area contributed by atoms with E-state index in [-0.39, 0.29) is 4.90 Å². The summed E-state index contributed by atoms with van der Waals surface area (Å²) in [6.07, 6.45) is 0. The first-order valence-corrected chi connectivity index (χ1v) is 6.53. The molecule has 17 heavy (non-hydrogen) atoms. The number of hydrogen-bond donors (Lipinski definition) is 0. The molecule has 0 bridgehead atoms. The average Bonchev–Trinajstić information content (AvgIpc) is 2.26. The predicted molar refractivity (Wildman–Crippen MR) is 68.4 cm³/mol. The van der Waals surface area contributed by atoms with Crippen LogP contribution in [0.2, 0.25) is 0 Å². The van der Waals surface area contributed by atoms with Gasteiger partial charge in [0.05, 0.1) is 4.90 Å². The van der Waals surface area contributed by atoms with Gasteiger partial charge in [0, 0.05) is 28.2 Å². The van der Waals surface area contributed by atoms with Gasteiger partial charge in [-0.25, -0.2) is 0 Å². The summed E-state index contributed by atoms with van der Waals surface area (Å²) in [5.41, 5.74) is 0. The lowest BCUT2D eigenvalue weighted by Crippen LogP contribution is -2.36. The molecular formula is C11H17N3O2S. The zero-order valence-electron chi connectivity index (χ0n) is 10.5. The zero-order chi connectivity index (χ0) is 13.1. The summed E-state index contributed by atoms with van der Waals surface area (Å²) in [5, 5.41) is 0. The molecule has 0 unspecified atom stereocenters. The molecule has 0 saturated carbocycles. The first-order valence-electron chi connectivity index (χ1n) is 5.09. The molecule has 0 spiro atoms.